The largest absolute Gasteiger partial charge is 0.444 e. The van der Waals surface area contributed by atoms with Crippen LogP contribution in [0.1, 0.15) is 40.0 Å². The lowest BCUT2D eigenvalue weighted by Gasteiger charge is -2.28. The van der Waals surface area contributed by atoms with E-state index in [1.165, 1.54) is 0 Å². The Morgan fingerprint density at radius 1 is 1.58 bits per heavy atom. The summed E-state index contributed by atoms with van der Waals surface area (Å²) in [5.41, 5.74) is 1.39. The van der Waals surface area contributed by atoms with Crippen molar-refractivity contribution in [3.63, 3.8) is 0 Å². The average Bonchev–Trinajstić information content (AvgIpc) is 2.95. The lowest BCUT2D eigenvalue weighted by Crippen LogP contribution is -2.43. The quantitative estimate of drug-likeness (QED) is 0.680. The van der Waals surface area contributed by atoms with Gasteiger partial charge in [-0.15, -0.1) is 6.42 Å². The van der Waals surface area contributed by atoms with Crippen LogP contribution in [-0.2, 0) is 4.74 Å². The Kier molecular flexibility index (Phi) is 3.66. The molecule has 0 aromatic carbocycles. The van der Waals surface area contributed by atoms with E-state index in [-0.39, 0.29) is 12.1 Å². The number of rotatable bonds is 1. The van der Waals surface area contributed by atoms with Gasteiger partial charge >= 0.3 is 6.09 Å². The minimum atomic E-state index is -0.468. The van der Waals surface area contributed by atoms with Crippen molar-refractivity contribution in [1.82, 2.24) is 4.90 Å². The summed E-state index contributed by atoms with van der Waals surface area (Å²) < 4.78 is 5.44. The Morgan fingerprint density at radius 2 is 2.32 bits per heavy atom. The Balaban J connectivity index is 2.03. The van der Waals surface area contributed by atoms with E-state index in [0.717, 1.165) is 30.7 Å². The van der Waals surface area contributed by atoms with Crippen LogP contribution in [0, 0.1) is 12.3 Å². The maximum absolute atomic E-state index is 12.2. The summed E-state index contributed by atoms with van der Waals surface area (Å²) in [5, 5.41) is 0. The van der Waals surface area contributed by atoms with Crippen LogP contribution in [0.25, 0.3) is 0 Å². The molecule has 1 saturated heterocycles. The Labute approximate surface area is 114 Å². The van der Waals surface area contributed by atoms with Gasteiger partial charge in [-0.3, -0.25) is 9.89 Å². The summed E-state index contributed by atoms with van der Waals surface area (Å²) in [4.78, 5) is 18.3. The van der Waals surface area contributed by atoms with Gasteiger partial charge in [-0.05, 0) is 33.6 Å². The van der Waals surface area contributed by atoms with Gasteiger partial charge in [-0.2, -0.15) is 0 Å². The number of allylic oxidation sites excluding steroid dienone is 1. The number of hydrogen-bond donors (Lipinski definition) is 0. The van der Waals surface area contributed by atoms with Crippen LogP contribution in [0.15, 0.2) is 16.8 Å². The second kappa shape index (κ2) is 5.08. The monoisotopic (exact) mass is 260 g/mol. The molecular formula is C15H20N2O2. The number of terminal acetylenes is 1. The van der Waals surface area contributed by atoms with E-state index in [1.807, 2.05) is 20.8 Å². The second-order valence-electron chi connectivity index (χ2n) is 5.93. The third kappa shape index (κ3) is 3.17. The molecule has 0 saturated carbocycles. The van der Waals surface area contributed by atoms with Crippen molar-refractivity contribution in [2.75, 3.05) is 6.54 Å². The summed E-state index contributed by atoms with van der Waals surface area (Å²) in [5.74, 6) is 2.61. The van der Waals surface area contributed by atoms with Gasteiger partial charge in [-0.1, -0.05) is 5.92 Å². The average molecular weight is 260 g/mol. The predicted molar refractivity (Wildman–Crippen MR) is 74.9 cm³/mol. The van der Waals surface area contributed by atoms with Crippen LogP contribution in [0.2, 0.25) is 0 Å². The number of hydrogen-bond acceptors (Lipinski definition) is 3. The van der Waals surface area contributed by atoms with Gasteiger partial charge in [0.05, 0.1) is 6.04 Å². The fourth-order valence-corrected chi connectivity index (χ4v) is 2.39. The van der Waals surface area contributed by atoms with Gasteiger partial charge in [0, 0.05) is 30.5 Å². The smallest absolute Gasteiger partial charge is 0.410 e. The van der Waals surface area contributed by atoms with E-state index in [2.05, 4.69) is 10.9 Å². The minimum Gasteiger partial charge on any atom is -0.444 e. The molecule has 1 fully saturated rings. The summed E-state index contributed by atoms with van der Waals surface area (Å²) in [6.45, 7) is 6.35. The summed E-state index contributed by atoms with van der Waals surface area (Å²) >= 11 is 0. The molecule has 2 aliphatic heterocycles. The van der Waals surface area contributed by atoms with E-state index >= 15 is 0 Å². The first-order valence-electron chi connectivity index (χ1n) is 6.62. The van der Waals surface area contributed by atoms with Crippen LogP contribution in [0.3, 0.4) is 0 Å². The normalized spacial score (nSPS) is 22.8. The molecule has 19 heavy (non-hydrogen) atoms. The molecule has 4 heteroatoms. The summed E-state index contributed by atoms with van der Waals surface area (Å²) in [7, 11) is 0. The Hall–Kier alpha value is -1.76. The van der Waals surface area contributed by atoms with Gasteiger partial charge in [0.2, 0.25) is 0 Å². The molecule has 2 aliphatic rings. The third-order valence-electron chi connectivity index (χ3n) is 3.21. The van der Waals surface area contributed by atoms with Crippen molar-refractivity contribution < 1.29 is 9.53 Å². The first-order chi connectivity index (χ1) is 8.90. The fraction of sp³-hybridized carbons (Fsp3) is 0.600. The first kappa shape index (κ1) is 13.7. The van der Waals surface area contributed by atoms with E-state index in [1.54, 1.807) is 11.1 Å². The number of ether oxygens (including phenoxy) is 1. The molecular weight excluding hydrogens is 240 g/mol. The van der Waals surface area contributed by atoms with Crippen LogP contribution < -0.4 is 0 Å². The van der Waals surface area contributed by atoms with Crippen molar-refractivity contribution >= 4 is 11.8 Å². The van der Waals surface area contributed by atoms with Gasteiger partial charge in [-0.25, -0.2) is 4.79 Å². The van der Waals surface area contributed by atoms with E-state index in [4.69, 9.17) is 11.2 Å². The molecule has 1 atom stereocenters. The molecule has 1 unspecified atom stereocenters. The number of carbonyl (C=O) groups is 1. The highest BCUT2D eigenvalue weighted by atomic mass is 16.6. The van der Waals surface area contributed by atoms with Crippen LogP contribution in [0.4, 0.5) is 4.79 Å². The summed E-state index contributed by atoms with van der Waals surface area (Å²) in [6.07, 6.45) is 9.44. The predicted octanol–water partition coefficient (Wildman–Crippen LogP) is 2.75. The minimum absolute atomic E-state index is 0.0388. The van der Waals surface area contributed by atoms with Gasteiger partial charge in [0.25, 0.3) is 0 Å². The third-order valence-corrected chi connectivity index (χ3v) is 3.21. The van der Waals surface area contributed by atoms with Crippen molar-refractivity contribution in [3.05, 3.63) is 11.8 Å². The van der Waals surface area contributed by atoms with Gasteiger partial charge in [0.1, 0.15) is 5.60 Å². The zero-order valence-corrected chi connectivity index (χ0v) is 11.8. The number of carbonyl (C=O) groups excluding carboxylic acids is 1. The topological polar surface area (TPSA) is 41.9 Å². The molecule has 1 amide bonds. The lowest BCUT2D eigenvalue weighted by atomic mass is 10.0. The molecule has 2 heterocycles. The molecule has 0 N–H and O–H groups in total. The molecule has 4 nitrogen and oxygen atoms in total. The van der Waals surface area contributed by atoms with Crippen LogP contribution in [0.5, 0.6) is 0 Å². The SMILES string of the molecule is C#CC1=CN=C(C2CCCN2C(=O)OC(C)(C)C)C1. The molecule has 102 valence electrons. The molecule has 0 aliphatic carbocycles. The van der Waals surface area contributed by atoms with E-state index < -0.39 is 5.60 Å². The van der Waals surface area contributed by atoms with Crippen molar-refractivity contribution in [2.24, 2.45) is 4.99 Å². The highest BCUT2D eigenvalue weighted by Crippen LogP contribution is 2.26. The van der Waals surface area contributed by atoms with Crippen molar-refractivity contribution in [1.29, 1.82) is 0 Å². The number of aliphatic imine (C=N–C) groups is 1. The lowest BCUT2D eigenvalue weighted by molar-refractivity contribution is 0.0265. The highest BCUT2D eigenvalue weighted by Gasteiger charge is 2.35. The van der Waals surface area contributed by atoms with Crippen LogP contribution >= 0.6 is 0 Å². The Morgan fingerprint density at radius 3 is 2.89 bits per heavy atom. The number of likely N-dealkylation sites (tertiary alicyclic amines) is 1. The number of nitrogens with zero attached hydrogens (tertiary/aromatic N) is 2. The van der Waals surface area contributed by atoms with Gasteiger partial charge < -0.3 is 4.74 Å². The van der Waals surface area contributed by atoms with Crippen molar-refractivity contribution in [3.8, 4) is 12.3 Å². The number of amides is 1. The van der Waals surface area contributed by atoms with Crippen molar-refractivity contribution in [2.45, 2.75) is 51.7 Å². The highest BCUT2D eigenvalue weighted by molar-refractivity contribution is 5.96. The van der Waals surface area contributed by atoms with E-state index in [0.29, 0.717) is 6.42 Å². The maximum Gasteiger partial charge on any atom is 0.410 e. The van der Waals surface area contributed by atoms with Gasteiger partial charge in [0.15, 0.2) is 0 Å². The molecule has 0 bridgehead atoms. The fourth-order valence-electron chi connectivity index (χ4n) is 2.39. The zero-order chi connectivity index (χ0) is 14.0. The molecule has 0 aromatic rings. The second-order valence-corrected chi connectivity index (χ2v) is 5.93. The maximum atomic E-state index is 12.2. The molecule has 2 rings (SSSR count). The standard InChI is InChI=1S/C15H20N2O2/c1-5-11-9-12(16-10-11)13-7-6-8-17(13)14(18)19-15(2,3)4/h1,10,13H,6-9H2,2-4H3. The zero-order valence-electron chi connectivity index (χ0n) is 11.8. The molecule has 0 spiro atoms. The van der Waals surface area contributed by atoms with E-state index in [9.17, 15) is 4.79 Å². The summed E-state index contributed by atoms with van der Waals surface area (Å²) in [6, 6.07) is 0.0388. The van der Waals surface area contributed by atoms with Crippen LogP contribution in [-0.4, -0.2) is 34.9 Å². The Bertz CT molecular complexity index is 477. The first-order valence-corrected chi connectivity index (χ1v) is 6.62. The molecule has 0 aromatic heterocycles. The molecule has 0 radical (unpaired) electrons.